The van der Waals surface area contributed by atoms with Crippen molar-refractivity contribution in [2.75, 3.05) is 11.3 Å². The largest absolute Gasteiger partial charge is 0.487 e. The number of benzene rings is 3. The van der Waals surface area contributed by atoms with Crippen LogP contribution in [0.5, 0.6) is 5.75 Å². The molecule has 0 aromatic heterocycles. The Morgan fingerprint density at radius 2 is 1.81 bits per heavy atom. The molecule has 6 nitrogen and oxygen atoms in total. The number of carbonyl (C=O) groups excluding carboxylic acids is 1. The topological polar surface area (TPSA) is 84.5 Å². The summed E-state index contributed by atoms with van der Waals surface area (Å²) in [6, 6.07) is 17.2. The summed E-state index contributed by atoms with van der Waals surface area (Å²) in [5.74, 6) is 0.184. The Morgan fingerprint density at radius 1 is 1.00 bits per heavy atom. The van der Waals surface area contributed by atoms with Gasteiger partial charge in [-0.1, -0.05) is 53.5 Å². The lowest BCUT2D eigenvalue weighted by molar-refractivity contribution is -0.120. The van der Waals surface area contributed by atoms with Gasteiger partial charge in [-0.05, 0) is 53.4 Å². The van der Waals surface area contributed by atoms with Gasteiger partial charge in [-0.25, -0.2) is 8.42 Å². The number of amides is 1. The summed E-state index contributed by atoms with van der Waals surface area (Å²) in [6.07, 6.45) is 0.623. The molecule has 1 aliphatic heterocycles. The smallest absolute Gasteiger partial charge is 0.265 e. The summed E-state index contributed by atoms with van der Waals surface area (Å²) in [6.45, 7) is 0.727. The van der Waals surface area contributed by atoms with Crippen LogP contribution < -0.4 is 14.8 Å². The van der Waals surface area contributed by atoms with Crippen LogP contribution in [0, 0.1) is 0 Å². The molecule has 32 heavy (non-hydrogen) atoms. The van der Waals surface area contributed by atoms with Crippen LogP contribution >= 0.6 is 23.2 Å². The zero-order chi connectivity index (χ0) is 22.7. The van der Waals surface area contributed by atoms with E-state index in [9.17, 15) is 13.2 Å². The van der Waals surface area contributed by atoms with Crippen molar-refractivity contribution in [3.8, 4) is 5.75 Å². The number of rotatable bonds is 8. The van der Waals surface area contributed by atoms with Crippen LogP contribution in [0.4, 0.5) is 5.69 Å². The normalized spacial score (nSPS) is 12.3. The van der Waals surface area contributed by atoms with Gasteiger partial charge in [-0.2, -0.15) is 0 Å². The molecular formula is C23H20Cl2N2O4S. The summed E-state index contributed by atoms with van der Waals surface area (Å²) in [7, 11) is -3.82. The van der Waals surface area contributed by atoms with Crippen molar-refractivity contribution in [3.05, 3.63) is 87.4 Å². The lowest BCUT2D eigenvalue weighted by atomic mass is 10.1. The first-order chi connectivity index (χ1) is 15.3. The second-order valence-corrected chi connectivity index (χ2v) is 9.82. The average Bonchev–Trinajstić information content (AvgIpc) is 3.11. The van der Waals surface area contributed by atoms with Crippen molar-refractivity contribution in [3.63, 3.8) is 0 Å². The maximum Gasteiger partial charge on any atom is 0.265 e. The van der Waals surface area contributed by atoms with E-state index in [0.717, 1.165) is 16.7 Å². The highest BCUT2D eigenvalue weighted by molar-refractivity contribution is 7.92. The molecule has 2 bridgehead atoms. The molecule has 4 rings (SSSR count). The number of halogens is 2. The lowest BCUT2D eigenvalue weighted by Crippen LogP contribution is -2.27. The number of carbonyl (C=O) groups is 1. The Bertz CT molecular complexity index is 1280. The van der Waals surface area contributed by atoms with E-state index >= 15 is 0 Å². The van der Waals surface area contributed by atoms with Gasteiger partial charge in [0.15, 0.2) is 0 Å². The third-order valence-electron chi connectivity index (χ3n) is 5.02. The van der Waals surface area contributed by atoms with Gasteiger partial charge in [0.2, 0.25) is 5.91 Å². The predicted octanol–water partition coefficient (Wildman–Crippen LogP) is 4.59. The third kappa shape index (κ3) is 5.18. The first-order valence-corrected chi connectivity index (χ1v) is 12.1. The highest BCUT2D eigenvalue weighted by Gasteiger charge is 2.24. The monoisotopic (exact) mass is 490 g/mol. The summed E-state index contributed by atoms with van der Waals surface area (Å²) in [5, 5.41) is 3.68. The number of hydrogen-bond donors (Lipinski definition) is 2. The SMILES string of the molecule is O=C(Cc1ccc(Cl)c(Cl)c1)NCCc1ccccc1NS(=O)(=O)c1ccc2cc1OC2. The molecule has 3 aromatic rings. The van der Waals surface area contributed by atoms with Gasteiger partial charge in [0.1, 0.15) is 17.3 Å². The Kier molecular flexibility index (Phi) is 6.60. The molecule has 1 amide bonds. The fourth-order valence-electron chi connectivity index (χ4n) is 3.41. The van der Waals surface area contributed by atoms with E-state index in [2.05, 4.69) is 10.0 Å². The quantitative estimate of drug-likeness (QED) is 0.483. The van der Waals surface area contributed by atoms with Gasteiger partial charge >= 0.3 is 0 Å². The molecule has 0 aliphatic carbocycles. The molecule has 2 N–H and O–H groups in total. The van der Waals surface area contributed by atoms with E-state index in [1.165, 1.54) is 0 Å². The van der Waals surface area contributed by atoms with E-state index in [-0.39, 0.29) is 17.2 Å². The van der Waals surface area contributed by atoms with Crippen molar-refractivity contribution >= 4 is 44.8 Å². The van der Waals surface area contributed by atoms with Crippen LogP contribution in [-0.2, 0) is 34.3 Å². The highest BCUT2D eigenvalue weighted by Crippen LogP contribution is 2.32. The van der Waals surface area contributed by atoms with E-state index in [4.69, 9.17) is 27.9 Å². The number of para-hydroxylation sites is 1. The molecule has 0 saturated heterocycles. The van der Waals surface area contributed by atoms with Gasteiger partial charge in [-0.15, -0.1) is 0 Å². The molecule has 0 unspecified atom stereocenters. The maximum atomic E-state index is 12.9. The molecule has 0 atom stereocenters. The minimum atomic E-state index is -3.82. The van der Waals surface area contributed by atoms with Crippen LogP contribution in [-0.4, -0.2) is 20.9 Å². The number of fused-ring (bicyclic) bond motifs is 2. The van der Waals surface area contributed by atoms with Gasteiger partial charge in [0, 0.05) is 6.54 Å². The number of ether oxygens (including phenoxy) is 1. The number of hydrogen-bond acceptors (Lipinski definition) is 4. The van der Waals surface area contributed by atoms with Gasteiger partial charge in [-0.3, -0.25) is 9.52 Å². The van der Waals surface area contributed by atoms with Crippen LogP contribution in [0.2, 0.25) is 10.0 Å². The molecule has 1 heterocycles. The number of anilines is 1. The first kappa shape index (κ1) is 22.5. The van der Waals surface area contributed by atoms with E-state index in [1.807, 2.05) is 12.1 Å². The molecule has 0 spiro atoms. The zero-order valence-electron chi connectivity index (χ0n) is 16.9. The number of sulfonamides is 1. The standard InChI is InChI=1S/C23H20Cl2N2O4S/c24-18-7-5-15(11-19(18)25)13-23(28)26-10-9-17-3-1-2-4-20(17)27-32(29,30)22-8-6-16-12-21(22)31-14-16/h1-8,11-12,27H,9-10,13-14H2,(H,26,28). The van der Waals surface area contributed by atoms with Crippen LogP contribution in [0.1, 0.15) is 16.7 Å². The van der Waals surface area contributed by atoms with Crippen LogP contribution in [0.3, 0.4) is 0 Å². The van der Waals surface area contributed by atoms with Crippen LogP contribution in [0.15, 0.2) is 65.6 Å². The fraction of sp³-hybridized carbons (Fsp3) is 0.174. The Balaban J connectivity index is 1.38. The van der Waals surface area contributed by atoms with E-state index in [0.29, 0.717) is 41.1 Å². The van der Waals surface area contributed by atoms with E-state index in [1.54, 1.807) is 48.5 Å². The van der Waals surface area contributed by atoms with Crippen molar-refractivity contribution in [1.82, 2.24) is 5.32 Å². The first-order valence-electron chi connectivity index (χ1n) is 9.89. The molecule has 0 saturated carbocycles. The van der Waals surface area contributed by atoms with Gasteiger partial charge in [0.05, 0.1) is 22.2 Å². The van der Waals surface area contributed by atoms with Crippen molar-refractivity contribution < 1.29 is 17.9 Å². The molecule has 0 fully saturated rings. The second-order valence-electron chi connectivity index (χ2n) is 7.36. The average molecular weight is 491 g/mol. The van der Waals surface area contributed by atoms with Crippen molar-refractivity contribution in [2.45, 2.75) is 24.3 Å². The Labute approximate surface area is 196 Å². The minimum absolute atomic E-state index is 0.100. The Morgan fingerprint density at radius 3 is 2.62 bits per heavy atom. The van der Waals surface area contributed by atoms with Crippen LogP contribution in [0.25, 0.3) is 0 Å². The third-order valence-corrected chi connectivity index (χ3v) is 7.16. The summed E-state index contributed by atoms with van der Waals surface area (Å²) >= 11 is 11.9. The summed E-state index contributed by atoms with van der Waals surface area (Å²) in [5.41, 5.74) is 2.92. The lowest BCUT2D eigenvalue weighted by Gasteiger charge is -2.14. The minimum Gasteiger partial charge on any atom is -0.487 e. The van der Waals surface area contributed by atoms with Crippen molar-refractivity contribution in [2.24, 2.45) is 0 Å². The second kappa shape index (κ2) is 9.40. The van der Waals surface area contributed by atoms with E-state index < -0.39 is 10.0 Å². The molecule has 1 aliphatic rings. The maximum absolute atomic E-state index is 12.9. The predicted molar refractivity (Wildman–Crippen MR) is 125 cm³/mol. The molecule has 166 valence electrons. The fourth-order valence-corrected chi connectivity index (χ4v) is 4.96. The van der Waals surface area contributed by atoms with Gasteiger partial charge in [0.25, 0.3) is 10.0 Å². The van der Waals surface area contributed by atoms with Gasteiger partial charge < -0.3 is 10.1 Å². The molecule has 0 radical (unpaired) electrons. The molecular weight excluding hydrogens is 471 g/mol. The summed E-state index contributed by atoms with van der Waals surface area (Å²) in [4.78, 5) is 12.4. The summed E-state index contributed by atoms with van der Waals surface area (Å²) < 4.78 is 33.9. The number of nitrogens with one attached hydrogen (secondary N) is 2. The molecule has 3 aromatic carbocycles. The Hall–Kier alpha value is -2.74. The molecule has 9 heteroatoms. The zero-order valence-corrected chi connectivity index (χ0v) is 19.2. The highest BCUT2D eigenvalue weighted by atomic mass is 35.5. The van der Waals surface area contributed by atoms with Crippen molar-refractivity contribution in [1.29, 1.82) is 0 Å².